The summed E-state index contributed by atoms with van der Waals surface area (Å²) >= 11 is 0. The van der Waals surface area contributed by atoms with Crippen LogP contribution in [0.5, 0.6) is 0 Å². The first-order valence-electron chi connectivity index (χ1n) is 5.51. The van der Waals surface area contributed by atoms with Crippen molar-refractivity contribution in [2.24, 2.45) is 0 Å². The highest BCUT2D eigenvalue weighted by molar-refractivity contribution is 5.07. The van der Waals surface area contributed by atoms with Gasteiger partial charge >= 0.3 is 0 Å². The molecule has 0 saturated heterocycles. The fraction of sp³-hybridized carbons (Fsp3) is 0.583. The van der Waals surface area contributed by atoms with Gasteiger partial charge in [0.05, 0.1) is 5.69 Å². The molecule has 1 heterocycles. The van der Waals surface area contributed by atoms with Gasteiger partial charge in [-0.1, -0.05) is 6.07 Å². The summed E-state index contributed by atoms with van der Waals surface area (Å²) in [5, 5.41) is 3.16. The number of aromatic nitrogens is 1. The second kappa shape index (κ2) is 6.53. The molecule has 0 aromatic carbocycles. The van der Waals surface area contributed by atoms with E-state index >= 15 is 0 Å². The molecule has 0 radical (unpaired) electrons. The lowest BCUT2D eigenvalue weighted by Crippen LogP contribution is -2.26. The molecule has 84 valence electrons. The van der Waals surface area contributed by atoms with Crippen LogP contribution in [0.25, 0.3) is 0 Å². The van der Waals surface area contributed by atoms with Gasteiger partial charge in [0.1, 0.15) is 0 Å². The lowest BCUT2D eigenvalue weighted by Gasteiger charge is -2.24. The van der Waals surface area contributed by atoms with Gasteiger partial charge in [0.2, 0.25) is 0 Å². The van der Waals surface area contributed by atoms with Crippen molar-refractivity contribution in [1.82, 2.24) is 15.2 Å². The zero-order valence-corrected chi connectivity index (χ0v) is 9.90. The van der Waals surface area contributed by atoms with Crippen molar-refractivity contribution in [2.75, 3.05) is 27.2 Å². The molecule has 0 saturated carbocycles. The molecule has 1 rings (SSSR count). The summed E-state index contributed by atoms with van der Waals surface area (Å²) in [5.41, 5.74) is 1.14. The van der Waals surface area contributed by atoms with Crippen LogP contribution < -0.4 is 5.32 Å². The summed E-state index contributed by atoms with van der Waals surface area (Å²) in [4.78, 5) is 6.70. The Morgan fingerprint density at radius 2 is 2.27 bits per heavy atom. The minimum atomic E-state index is 0.392. The number of pyridine rings is 1. The number of nitrogens with zero attached hydrogens (tertiary/aromatic N) is 2. The van der Waals surface area contributed by atoms with E-state index in [1.54, 1.807) is 0 Å². The fourth-order valence-electron chi connectivity index (χ4n) is 1.55. The molecule has 1 aromatic heterocycles. The van der Waals surface area contributed by atoms with Crippen LogP contribution in [-0.4, -0.2) is 37.1 Å². The predicted molar refractivity (Wildman–Crippen MR) is 63.8 cm³/mol. The van der Waals surface area contributed by atoms with Gasteiger partial charge in [0, 0.05) is 12.2 Å². The molecule has 1 atom stereocenters. The van der Waals surface area contributed by atoms with Gasteiger partial charge in [-0.05, 0) is 52.7 Å². The van der Waals surface area contributed by atoms with Gasteiger partial charge in [-0.2, -0.15) is 0 Å². The Kier molecular flexibility index (Phi) is 5.29. The minimum Gasteiger partial charge on any atom is -0.320 e. The highest BCUT2D eigenvalue weighted by Crippen LogP contribution is 2.15. The van der Waals surface area contributed by atoms with Crippen molar-refractivity contribution in [3.63, 3.8) is 0 Å². The van der Waals surface area contributed by atoms with E-state index < -0.39 is 0 Å². The van der Waals surface area contributed by atoms with Crippen LogP contribution in [-0.2, 0) is 0 Å². The third-order valence-electron chi connectivity index (χ3n) is 2.71. The highest BCUT2D eigenvalue weighted by Gasteiger charge is 2.11. The molecule has 0 bridgehead atoms. The molecule has 0 aliphatic carbocycles. The molecule has 0 aliphatic rings. The van der Waals surface area contributed by atoms with E-state index in [4.69, 9.17) is 0 Å². The molecule has 0 spiro atoms. The highest BCUT2D eigenvalue weighted by atomic mass is 15.1. The van der Waals surface area contributed by atoms with Crippen LogP contribution in [0.2, 0.25) is 0 Å². The Morgan fingerprint density at radius 1 is 1.47 bits per heavy atom. The van der Waals surface area contributed by atoms with Crippen molar-refractivity contribution in [3.05, 3.63) is 30.1 Å². The molecule has 0 fully saturated rings. The molecular formula is C12H21N3. The van der Waals surface area contributed by atoms with E-state index in [1.807, 2.05) is 25.4 Å². The minimum absolute atomic E-state index is 0.392. The van der Waals surface area contributed by atoms with Crippen molar-refractivity contribution < 1.29 is 0 Å². The molecule has 3 nitrogen and oxygen atoms in total. The third-order valence-corrected chi connectivity index (χ3v) is 2.71. The first-order valence-corrected chi connectivity index (χ1v) is 5.51. The monoisotopic (exact) mass is 207 g/mol. The number of hydrogen-bond acceptors (Lipinski definition) is 3. The van der Waals surface area contributed by atoms with E-state index in [0.717, 1.165) is 18.8 Å². The van der Waals surface area contributed by atoms with Crippen LogP contribution in [0.15, 0.2) is 24.4 Å². The Hall–Kier alpha value is -0.930. The van der Waals surface area contributed by atoms with Crippen LogP contribution in [0.1, 0.15) is 25.1 Å². The Balaban J connectivity index is 2.42. The molecule has 15 heavy (non-hydrogen) atoms. The second-order valence-corrected chi connectivity index (χ2v) is 3.87. The van der Waals surface area contributed by atoms with Gasteiger partial charge in [-0.3, -0.25) is 9.88 Å². The summed E-state index contributed by atoms with van der Waals surface area (Å²) < 4.78 is 0. The largest absolute Gasteiger partial charge is 0.320 e. The average molecular weight is 207 g/mol. The molecule has 3 heteroatoms. The van der Waals surface area contributed by atoms with Gasteiger partial charge in [0.15, 0.2) is 0 Å². The lowest BCUT2D eigenvalue weighted by atomic mass is 10.2. The summed E-state index contributed by atoms with van der Waals surface area (Å²) in [6.07, 6.45) is 3.03. The van der Waals surface area contributed by atoms with Crippen LogP contribution in [0.3, 0.4) is 0 Å². The molecule has 1 N–H and O–H groups in total. The van der Waals surface area contributed by atoms with E-state index in [0.29, 0.717) is 6.04 Å². The smallest absolute Gasteiger partial charge is 0.0572 e. The van der Waals surface area contributed by atoms with Crippen molar-refractivity contribution in [3.8, 4) is 0 Å². The van der Waals surface area contributed by atoms with E-state index in [2.05, 4.69) is 35.2 Å². The zero-order chi connectivity index (χ0) is 11.1. The summed E-state index contributed by atoms with van der Waals surface area (Å²) in [5.74, 6) is 0. The summed E-state index contributed by atoms with van der Waals surface area (Å²) in [7, 11) is 4.14. The number of rotatable bonds is 6. The molecular weight excluding hydrogens is 186 g/mol. The van der Waals surface area contributed by atoms with Gasteiger partial charge < -0.3 is 5.32 Å². The summed E-state index contributed by atoms with van der Waals surface area (Å²) in [6.45, 7) is 4.36. The van der Waals surface area contributed by atoms with Crippen molar-refractivity contribution in [2.45, 2.75) is 19.4 Å². The van der Waals surface area contributed by atoms with Gasteiger partial charge in [0.25, 0.3) is 0 Å². The van der Waals surface area contributed by atoms with E-state index in [-0.39, 0.29) is 0 Å². The van der Waals surface area contributed by atoms with Crippen molar-refractivity contribution in [1.29, 1.82) is 0 Å². The van der Waals surface area contributed by atoms with E-state index in [9.17, 15) is 0 Å². The normalized spacial score (nSPS) is 13.1. The molecule has 1 aromatic rings. The van der Waals surface area contributed by atoms with E-state index in [1.165, 1.54) is 6.42 Å². The first-order chi connectivity index (χ1) is 7.25. The Labute approximate surface area is 92.5 Å². The second-order valence-electron chi connectivity index (χ2n) is 3.87. The standard InChI is InChI=1S/C12H21N3/c1-11(12-7-4-5-9-14-12)15(3)10-6-8-13-2/h4-5,7,9,11,13H,6,8,10H2,1-3H3. The Morgan fingerprint density at radius 3 is 2.87 bits per heavy atom. The maximum Gasteiger partial charge on any atom is 0.0572 e. The summed E-state index contributed by atoms with van der Waals surface area (Å²) in [6, 6.07) is 6.47. The lowest BCUT2D eigenvalue weighted by molar-refractivity contribution is 0.254. The molecule has 0 aliphatic heterocycles. The van der Waals surface area contributed by atoms with Gasteiger partial charge in [-0.15, -0.1) is 0 Å². The maximum atomic E-state index is 4.37. The maximum absolute atomic E-state index is 4.37. The predicted octanol–water partition coefficient (Wildman–Crippen LogP) is 1.68. The third kappa shape index (κ3) is 3.98. The quantitative estimate of drug-likeness (QED) is 0.719. The number of nitrogens with one attached hydrogen (secondary N) is 1. The topological polar surface area (TPSA) is 28.2 Å². The van der Waals surface area contributed by atoms with Crippen LogP contribution in [0.4, 0.5) is 0 Å². The molecule has 1 unspecified atom stereocenters. The first kappa shape index (κ1) is 12.1. The SMILES string of the molecule is CNCCCN(C)C(C)c1ccccn1. The fourth-order valence-corrected chi connectivity index (χ4v) is 1.55. The zero-order valence-electron chi connectivity index (χ0n) is 9.90. The van der Waals surface area contributed by atoms with Gasteiger partial charge in [-0.25, -0.2) is 0 Å². The average Bonchev–Trinajstić information content (AvgIpc) is 2.29. The van der Waals surface area contributed by atoms with Crippen LogP contribution >= 0.6 is 0 Å². The molecule has 0 amide bonds. The van der Waals surface area contributed by atoms with Crippen molar-refractivity contribution >= 4 is 0 Å². The number of hydrogen-bond donors (Lipinski definition) is 1. The van der Waals surface area contributed by atoms with Crippen LogP contribution in [0, 0.1) is 0 Å². The Bertz CT molecular complexity index is 261.